The van der Waals surface area contributed by atoms with E-state index in [0.29, 0.717) is 0 Å². The first-order valence-corrected chi connectivity index (χ1v) is 7.98. The molecular weight excluding hydrogens is 357 g/mol. The molecule has 5 nitrogen and oxygen atoms in total. The second kappa shape index (κ2) is 6.73. The second-order valence-corrected chi connectivity index (χ2v) is 6.45. The molecule has 10 heteroatoms. The first-order valence-electron chi connectivity index (χ1n) is 6.12. The summed E-state index contributed by atoms with van der Waals surface area (Å²) in [5, 5.41) is 0.118. The van der Waals surface area contributed by atoms with Gasteiger partial charge in [-0.15, -0.1) is 13.2 Å². The molecule has 0 aliphatic carbocycles. The molecule has 0 saturated heterocycles. The molecule has 23 heavy (non-hydrogen) atoms. The first-order chi connectivity index (χ1) is 10.7. The summed E-state index contributed by atoms with van der Waals surface area (Å²) in [6.45, 7) is -0.378. The van der Waals surface area contributed by atoms with Gasteiger partial charge in [-0.05, 0) is 18.2 Å². The number of alkyl halides is 3. The number of nitrogens with one attached hydrogen (secondary N) is 1. The maximum absolute atomic E-state index is 12.3. The first kappa shape index (κ1) is 17.5. The summed E-state index contributed by atoms with van der Waals surface area (Å²) >= 11 is 5.57. The molecular formula is C13H10ClF3N2O3S. The van der Waals surface area contributed by atoms with Crippen LogP contribution in [-0.2, 0) is 16.6 Å². The van der Waals surface area contributed by atoms with E-state index < -0.39 is 22.1 Å². The molecule has 0 aliphatic rings. The van der Waals surface area contributed by atoms with Crippen molar-refractivity contribution in [2.24, 2.45) is 0 Å². The fourth-order valence-corrected chi connectivity index (χ4v) is 2.71. The van der Waals surface area contributed by atoms with Gasteiger partial charge in [-0.25, -0.2) is 18.1 Å². The van der Waals surface area contributed by atoms with Crippen molar-refractivity contribution < 1.29 is 26.3 Å². The van der Waals surface area contributed by atoms with Gasteiger partial charge in [0.2, 0.25) is 10.0 Å². The van der Waals surface area contributed by atoms with E-state index in [1.54, 1.807) is 0 Å². The highest BCUT2D eigenvalue weighted by atomic mass is 35.5. The molecule has 2 rings (SSSR count). The highest BCUT2D eigenvalue weighted by molar-refractivity contribution is 7.89. The minimum atomic E-state index is -4.87. The van der Waals surface area contributed by atoms with Crippen molar-refractivity contribution >= 4 is 21.6 Å². The van der Waals surface area contributed by atoms with E-state index in [9.17, 15) is 21.6 Å². The third-order valence-corrected chi connectivity index (χ3v) is 4.27. The van der Waals surface area contributed by atoms with Crippen LogP contribution in [0.25, 0.3) is 0 Å². The number of nitrogens with zero attached hydrogens (tertiary/aromatic N) is 1. The van der Waals surface area contributed by atoms with Gasteiger partial charge in [0.1, 0.15) is 15.8 Å². The number of sulfonamides is 1. The van der Waals surface area contributed by atoms with Gasteiger partial charge < -0.3 is 4.74 Å². The fraction of sp³-hybridized carbons (Fsp3) is 0.154. The number of hydrogen-bond acceptors (Lipinski definition) is 4. The maximum Gasteiger partial charge on any atom is 0.573 e. The Morgan fingerprint density at radius 3 is 2.48 bits per heavy atom. The number of para-hydroxylation sites is 1. The predicted octanol–water partition coefficient (Wildman–Crippen LogP) is 3.11. The van der Waals surface area contributed by atoms with Crippen molar-refractivity contribution in [3.05, 3.63) is 53.3 Å². The van der Waals surface area contributed by atoms with E-state index in [1.165, 1.54) is 30.3 Å². The molecule has 0 atom stereocenters. The third kappa shape index (κ3) is 5.08. The average molecular weight is 367 g/mol. The smallest absolute Gasteiger partial charge is 0.405 e. The molecule has 1 aromatic heterocycles. The molecule has 1 N–H and O–H groups in total. The zero-order valence-corrected chi connectivity index (χ0v) is 12.9. The number of pyridine rings is 1. The van der Waals surface area contributed by atoms with Gasteiger partial charge in [0.05, 0.1) is 0 Å². The molecule has 0 bridgehead atoms. The molecule has 0 fully saturated rings. The molecule has 1 heterocycles. The lowest BCUT2D eigenvalue weighted by molar-refractivity contribution is -0.274. The van der Waals surface area contributed by atoms with Crippen molar-refractivity contribution in [3.63, 3.8) is 0 Å². The number of aromatic nitrogens is 1. The lowest BCUT2D eigenvalue weighted by atomic mass is 10.2. The molecule has 0 spiro atoms. The highest BCUT2D eigenvalue weighted by Gasteiger charge is 2.32. The fourth-order valence-electron chi connectivity index (χ4n) is 1.65. The van der Waals surface area contributed by atoms with E-state index in [4.69, 9.17) is 11.6 Å². The van der Waals surface area contributed by atoms with Gasteiger partial charge in [0, 0.05) is 18.3 Å². The summed E-state index contributed by atoms with van der Waals surface area (Å²) in [4.78, 5) is 3.48. The Morgan fingerprint density at radius 2 is 1.87 bits per heavy atom. The summed E-state index contributed by atoms with van der Waals surface area (Å²) in [7, 11) is -3.94. The SMILES string of the molecule is O=S(=O)(NCc1ccccc1OC(F)(F)F)c1ccc(Cl)nc1. The molecule has 0 radical (unpaired) electrons. The van der Waals surface area contributed by atoms with Crippen LogP contribution in [0.5, 0.6) is 5.75 Å². The highest BCUT2D eigenvalue weighted by Crippen LogP contribution is 2.26. The van der Waals surface area contributed by atoms with E-state index in [1.807, 2.05) is 0 Å². The molecule has 124 valence electrons. The van der Waals surface area contributed by atoms with Gasteiger partial charge in [-0.3, -0.25) is 0 Å². The Morgan fingerprint density at radius 1 is 1.17 bits per heavy atom. The van der Waals surface area contributed by atoms with Crippen molar-refractivity contribution in [1.82, 2.24) is 9.71 Å². The summed E-state index contributed by atoms with van der Waals surface area (Å²) in [6, 6.07) is 7.76. The normalized spacial score (nSPS) is 12.2. The van der Waals surface area contributed by atoms with Gasteiger partial charge in [0.25, 0.3) is 0 Å². The molecule has 0 amide bonds. The predicted molar refractivity (Wildman–Crippen MR) is 76.4 cm³/mol. The Hall–Kier alpha value is -1.84. The Labute approximate surface area is 135 Å². The van der Waals surface area contributed by atoms with Crippen LogP contribution < -0.4 is 9.46 Å². The van der Waals surface area contributed by atoms with E-state index >= 15 is 0 Å². The van der Waals surface area contributed by atoms with Gasteiger partial charge >= 0.3 is 6.36 Å². The summed E-state index contributed by atoms with van der Waals surface area (Å²) in [6.07, 6.45) is -3.82. The molecule has 1 aromatic carbocycles. The molecule has 2 aromatic rings. The van der Waals surface area contributed by atoms with Crippen LogP contribution in [-0.4, -0.2) is 19.8 Å². The Kier molecular flexibility index (Phi) is 5.12. The van der Waals surface area contributed by atoms with Gasteiger partial charge in [0.15, 0.2) is 0 Å². The van der Waals surface area contributed by atoms with Crippen molar-refractivity contribution in [2.45, 2.75) is 17.8 Å². The van der Waals surface area contributed by atoms with Crippen LogP contribution >= 0.6 is 11.6 Å². The van der Waals surface area contributed by atoms with Crippen LogP contribution in [0.3, 0.4) is 0 Å². The van der Waals surface area contributed by atoms with Crippen LogP contribution in [0.15, 0.2) is 47.5 Å². The number of rotatable bonds is 5. The summed E-state index contributed by atoms with van der Waals surface area (Å²) in [5.74, 6) is -0.475. The largest absolute Gasteiger partial charge is 0.573 e. The lowest BCUT2D eigenvalue weighted by Gasteiger charge is -2.13. The van der Waals surface area contributed by atoms with Crippen LogP contribution in [0.1, 0.15) is 5.56 Å². The standard InChI is InChI=1S/C13H10ClF3N2O3S/c14-12-6-5-10(8-18-12)23(20,21)19-7-9-3-1-2-4-11(9)22-13(15,16)17/h1-6,8,19H,7H2. The lowest BCUT2D eigenvalue weighted by Crippen LogP contribution is -2.24. The minimum Gasteiger partial charge on any atom is -0.405 e. The number of hydrogen-bond donors (Lipinski definition) is 1. The van der Waals surface area contributed by atoms with Crippen LogP contribution in [0.4, 0.5) is 13.2 Å². The summed E-state index contributed by atoms with van der Waals surface area (Å²) < 4.78 is 67.1. The Bertz CT molecular complexity index is 780. The quantitative estimate of drug-likeness (QED) is 0.826. The zero-order valence-electron chi connectivity index (χ0n) is 11.3. The average Bonchev–Trinajstić information content (AvgIpc) is 2.45. The van der Waals surface area contributed by atoms with Gasteiger partial charge in [-0.1, -0.05) is 29.8 Å². The van der Waals surface area contributed by atoms with Crippen LogP contribution in [0.2, 0.25) is 5.15 Å². The maximum atomic E-state index is 12.3. The van der Waals surface area contributed by atoms with E-state index in [-0.39, 0.29) is 22.2 Å². The number of halogens is 4. The third-order valence-electron chi connectivity index (χ3n) is 2.66. The van der Waals surface area contributed by atoms with Gasteiger partial charge in [-0.2, -0.15) is 0 Å². The van der Waals surface area contributed by atoms with Crippen molar-refractivity contribution in [1.29, 1.82) is 0 Å². The topological polar surface area (TPSA) is 68.3 Å². The molecule has 0 unspecified atom stereocenters. The summed E-state index contributed by atoms with van der Waals surface area (Å²) in [5.41, 5.74) is 0.0373. The monoisotopic (exact) mass is 366 g/mol. The minimum absolute atomic E-state index is 0.0373. The molecule has 0 aliphatic heterocycles. The zero-order chi connectivity index (χ0) is 17.1. The van der Waals surface area contributed by atoms with Crippen molar-refractivity contribution in [2.75, 3.05) is 0 Å². The van der Waals surface area contributed by atoms with Crippen LogP contribution in [0, 0.1) is 0 Å². The van der Waals surface area contributed by atoms with E-state index in [2.05, 4.69) is 14.4 Å². The number of ether oxygens (including phenoxy) is 1. The van der Waals surface area contributed by atoms with Crippen molar-refractivity contribution in [3.8, 4) is 5.75 Å². The number of benzene rings is 1. The van der Waals surface area contributed by atoms with E-state index in [0.717, 1.165) is 12.3 Å². The molecule has 0 saturated carbocycles. The second-order valence-electron chi connectivity index (χ2n) is 4.30. The Balaban J connectivity index is 2.16.